The van der Waals surface area contributed by atoms with E-state index < -0.39 is 0 Å². The van der Waals surface area contributed by atoms with Crippen LogP contribution in [0.25, 0.3) is 44.3 Å². The van der Waals surface area contributed by atoms with Crippen molar-refractivity contribution < 1.29 is 0 Å². The van der Waals surface area contributed by atoms with E-state index in [0.717, 1.165) is 33.6 Å². The highest BCUT2D eigenvalue weighted by atomic mass is 15.3. The predicted octanol–water partition coefficient (Wildman–Crippen LogP) is 15.1. The summed E-state index contributed by atoms with van der Waals surface area (Å²) < 4.78 is 0. The van der Waals surface area contributed by atoms with Gasteiger partial charge in [-0.15, -0.1) is 0 Å². The molecular weight excluding hydrogens is 727 g/mol. The van der Waals surface area contributed by atoms with Gasteiger partial charge in [-0.3, -0.25) is 4.90 Å². The summed E-state index contributed by atoms with van der Waals surface area (Å²) in [5.41, 5.74) is 20.4. The van der Waals surface area contributed by atoms with Crippen LogP contribution in [0.15, 0.2) is 182 Å². The largest absolute Gasteiger partial charge is 0.279 e. The summed E-state index contributed by atoms with van der Waals surface area (Å²) in [5, 5.41) is 2.34. The Hall–Kier alpha value is -7.10. The van der Waals surface area contributed by atoms with E-state index in [1.165, 1.54) is 72.1 Å². The van der Waals surface area contributed by atoms with Crippen LogP contribution in [0.5, 0.6) is 0 Å². The Labute approximate surface area is 354 Å². The molecule has 0 unspecified atom stereocenters. The average molecular weight is 776 g/mol. The van der Waals surface area contributed by atoms with Crippen LogP contribution in [0.4, 0.5) is 17.3 Å². The minimum Gasteiger partial charge on any atom is -0.279 e. The van der Waals surface area contributed by atoms with Crippen molar-refractivity contribution in [1.82, 2.24) is 9.97 Å². The molecule has 0 N–H and O–H groups in total. The maximum Gasteiger partial charge on any atom is 0.235 e. The molecule has 0 saturated heterocycles. The number of aromatic nitrogens is 2. The van der Waals surface area contributed by atoms with Crippen molar-refractivity contribution in [3.63, 3.8) is 0 Å². The molecule has 0 aliphatic rings. The first-order valence-corrected chi connectivity index (χ1v) is 20.9. The fraction of sp³-hybridized carbons (Fsp3) is 0.123. The molecular formula is C57H49N3. The molecule has 3 heteroatoms. The lowest BCUT2D eigenvalue weighted by Crippen LogP contribution is -2.16. The lowest BCUT2D eigenvalue weighted by molar-refractivity contribution is 0.927. The van der Waals surface area contributed by atoms with Crippen LogP contribution in [0, 0.1) is 41.5 Å². The Morgan fingerprint density at radius 1 is 0.433 bits per heavy atom. The molecule has 1 aromatic heterocycles. The summed E-state index contributed by atoms with van der Waals surface area (Å²) in [6.45, 7) is 13.5. The van der Waals surface area contributed by atoms with Gasteiger partial charge in [0.05, 0.1) is 11.4 Å². The van der Waals surface area contributed by atoms with E-state index in [9.17, 15) is 0 Å². The summed E-state index contributed by atoms with van der Waals surface area (Å²) >= 11 is 0. The van der Waals surface area contributed by atoms with E-state index in [1.807, 2.05) is 18.3 Å². The molecule has 0 bridgehead atoms. The number of hydrogen-bond acceptors (Lipinski definition) is 3. The maximum atomic E-state index is 5.30. The van der Waals surface area contributed by atoms with Gasteiger partial charge in [0.25, 0.3) is 0 Å². The monoisotopic (exact) mass is 775 g/mol. The van der Waals surface area contributed by atoms with E-state index in [0.29, 0.717) is 5.95 Å². The van der Waals surface area contributed by atoms with Gasteiger partial charge in [0.1, 0.15) is 0 Å². The molecule has 292 valence electrons. The highest BCUT2D eigenvalue weighted by molar-refractivity contribution is 6.01. The number of aryl methyl sites for hydroxylation is 6. The smallest absolute Gasteiger partial charge is 0.235 e. The van der Waals surface area contributed by atoms with E-state index in [4.69, 9.17) is 9.97 Å². The van der Waals surface area contributed by atoms with Crippen molar-refractivity contribution in [2.75, 3.05) is 4.90 Å². The summed E-state index contributed by atoms with van der Waals surface area (Å²) in [4.78, 5) is 12.6. The van der Waals surface area contributed by atoms with Crippen molar-refractivity contribution >= 4 is 28.1 Å². The average Bonchev–Trinajstić information content (AvgIpc) is 3.26. The van der Waals surface area contributed by atoms with Crippen molar-refractivity contribution in [1.29, 1.82) is 0 Å². The third-order valence-electron chi connectivity index (χ3n) is 11.9. The van der Waals surface area contributed by atoms with Crippen LogP contribution >= 0.6 is 0 Å². The van der Waals surface area contributed by atoms with Crippen LogP contribution in [0.3, 0.4) is 0 Å². The van der Waals surface area contributed by atoms with Crippen molar-refractivity contribution in [3.05, 3.63) is 232 Å². The summed E-state index contributed by atoms with van der Waals surface area (Å²) in [7, 11) is 0. The summed E-state index contributed by atoms with van der Waals surface area (Å²) in [6, 6.07) is 63.4. The van der Waals surface area contributed by atoms with Gasteiger partial charge in [-0.1, -0.05) is 163 Å². The number of fused-ring (bicyclic) bond motifs is 1. The highest BCUT2D eigenvalue weighted by Crippen LogP contribution is 2.46. The minimum atomic E-state index is 0.0223. The van der Waals surface area contributed by atoms with E-state index in [2.05, 4.69) is 210 Å². The number of hydrogen-bond donors (Lipinski definition) is 0. The number of nitrogens with zero attached hydrogens (tertiary/aromatic N) is 3. The molecule has 8 aromatic carbocycles. The van der Waals surface area contributed by atoms with Gasteiger partial charge in [-0.25, -0.2) is 9.97 Å². The van der Waals surface area contributed by atoms with Gasteiger partial charge in [0.2, 0.25) is 5.95 Å². The molecule has 0 aliphatic carbocycles. The fourth-order valence-corrected chi connectivity index (χ4v) is 9.51. The topological polar surface area (TPSA) is 29.0 Å². The number of rotatable bonds is 9. The first-order valence-electron chi connectivity index (χ1n) is 20.9. The molecule has 0 saturated carbocycles. The lowest BCUT2D eigenvalue weighted by Gasteiger charge is -2.30. The van der Waals surface area contributed by atoms with Gasteiger partial charge in [-0.05, 0) is 132 Å². The van der Waals surface area contributed by atoms with Crippen LogP contribution < -0.4 is 4.90 Å². The zero-order chi connectivity index (χ0) is 41.3. The molecule has 60 heavy (non-hydrogen) atoms. The van der Waals surface area contributed by atoms with E-state index in [1.54, 1.807) is 0 Å². The molecule has 0 atom stereocenters. The van der Waals surface area contributed by atoms with Crippen molar-refractivity contribution in [2.24, 2.45) is 0 Å². The lowest BCUT2D eigenvalue weighted by atomic mass is 9.75. The Morgan fingerprint density at radius 2 is 0.950 bits per heavy atom. The van der Waals surface area contributed by atoms with E-state index in [-0.39, 0.29) is 5.92 Å². The molecule has 9 aromatic rings. The Balaban J connectivity index is 1.29. The van der Waals surface area contributed by atoms with Gasteiger partial charge in [-0.2, -0.15) is 0 Å². The van der Waals surface area contributed by atoms with Crippen LogP contribution in [-0.2, 0) is 0 Å². The first-order chi connectivity index (χ1) is 29.2. The van der Waals surface area contributed by atoms with Gasteiger partial charge in [0.15, 0.2) is 0 Å². The van der Waals surface area contributed by atoms with Crippen molar-refractivity contribution in [3.8, 4) is 33.5 Å². The quantitative estimate of drug-likeness (QED) is 0.137. The zero-order valence-electron chi connectivity index (χ0n) is 35.2. The second-order valence-corrected chi connectivity index (χ2v) is 16.2. The third kappa shape index (κ3) is 7.28. The summed E-state index contributed by atoms with van der Waals surface area (Å²) in [5.74, 6) is 0.629. The molecule has 0 radical (unpaired) electrons. The fourth-order valence-electron chi connectivity index (χ4n) is 9.51. The second kappa shape index (κ2) is 16.3. The Bertz CT molecular complexity index is 2900. The molecule has 0 amide bonds. The predicted molar refractivity (Wildman–Crippen MR) is 253 cm³/mol. The zero-order valence-corrected chi connectivity index (χ0v) is 35.2. The normalized spacial score (nSPS) is 11.3. The van der Waals surface area contributed by atoms with Gasteiger partial charge in [0, 0.05) is 28.8 Å². The molecule has 0 aliphatic heterocycles. The van der Waals surface area contributed by atoms with Crippen molar-refractivity contribution in [2.45, 2.75) is 47.5 Å². The third-order valence-corrected chi connectivity index (χ3v) is 11.9. The number of benzene rings is 8. The number of anilines is 3. The Morgan fingerprint density at radius 3 is 1.57 bits per heavy atom. The standard InChI is InChI=1S/C57H49N3/c1-37-32-39(3)54(40(4)33-37)56(55-41(5)34-38(2)35-42(55)6)51-28-29-53(50-27-16-15-26-49(50)51)60(57-58-31-30-52(59-57)44-20-11-8-12-21-44)46-23-17-22-45(36-46)48-25-14-13-24-47(48)43-18-9-7-10-19-43/h7-36,56H,1-6H3. The molecule has 0 fully saturated rings. The first kappa shape index (κ1) is 38.4. The SMILES string of the molecule is Cc1cc(C)c(C(c2c(C)cc(C)cc2C)c2ccc(N(c3cccc(-c4ccccc4-c4ccccc4)c3)c3nccc(-c4ccccc4)n3)c3ccccc23)c(C)c1. The second-order valence-electron chi connectivity index (χ2n) is 16.2. The molecule has 9 rings (SSSR count). The highest BCUT2D eigenvalue weighted by Gasteiger charge is 2.28. The van der Waals surface area contributed by atoms with Gasteiger partial charge < -0.3 is 0 Å². The molecule has 1 heterocycles. The Kier molecular flexibility index (Phi) is 10.4. The van der Waals surface area contributed by atoms with Crippen LogP contribution in [-0.4, -0.2) is 9.97 Å². The minimum absolute atomic E-state index is 0.0223. The van der Waals surface area contributed by atoms with Gasteiger partial charge >= 0.3 is 0 Å². The maximum absolute atomic E-state index is 5.30. The van der Waals surface area contributed by atoms with E-state index >= 15 is 0 Å². The molecule has 3 nitrogen and oxygen atoms in total. The summed E-state index contributed by atoms with van der Waals surface area (Å²) in [6.07, 6.45) is 1.88. The van der Waals surface area contributed by atoms with Crippen LogP contribution in [0.1, 0.15) is 56.0 Å². The van der Waals surface area contributed by atoms with Crippen LogP contribution in [0.2, 0.25) is 0 Å². The molecule has 0 spiro atoms.